The summed E-state index contributed by atoms with van der Waals surface area (Å²) in [5, 5.41) is 12.6. The lowest BCUT2D eigenvalue weighted by atomic mass is 9.95. The minimum Gasteiger partial charge on any atom is -0.503 e. The molecule has 3 heterocycles. The van der Waals surface area contributed by atoms with Gasteiger partial charge in [0.25, 0.3) is 5.91 Å². The van der Waals surface area contributed by atoms with E-state index >= 15 is 0 Å². The molecule has 0 spiro atoms. The number of aliphatic hydroxyl groups excluding tert-OH is 1. The second-order valence-electron chi connectivity index (χ2n) is 8.32. The molecular formula is C27H16BrClN2O5S. The molecule has 6 rings (SSSR count). The highest BCUT2D eigenvalue weighted by Crippen LogP contribution is 2.45. The zero-order valence-electron chi connectivity index (χ0n) is 19.1. The number of methoxy groups -OCH3 is 1. The van der Waals surface area contributed by atoms with E-state index in [9.17, 15) is 14.7 Å². The van der Waals surface area contributed by atoms with Gasteiger partial charge < -0.3 is 14.3 Å². The summed E-state index contributed by atoms with van der Waals surface area (Å²) in [6, 6.07) is 18.4. The number of thiazole rings is 1. The second-order valence-corrected chi connectivity index (χ2v) is 10.7. The van der Waals surface area contributed by atoms with Crippen LogP contribution < -0.4 is 9.64 Å². The molecule has 3 aromatic carbocycles. The van der Waals surface area contributed by atoms with Crippen molar-refractivity contribution < 1.29 is 23.8 Å². The molecule has 37 heavy (non-hydrogen) atoms. The number of nitrogens with zero attached hydrogens (tertiary/aromatic N) is 2. The summed E-state index contributed by atoms with van der Waals surface area (Å²) < 4.78 is 12.8. The molecule has 0 fully saturated rings. The van der Waals surface area contributed by atoms with Gasteiger partial charge in [0.1, 0.15) is 0 Å². The molecular weight excluding hydrogens is 580 g/mol. The van der Waals surface area contributed by atoms with Gasteiger partial charge in [-0.3, -0.25) is 14.5 Å². The van der Waals surface area contributed by atoms with Crippen molar-refractivity contribution in [3.05, 3.63) is 98.9 Å². The normalized spacial score (nSPS) is 15.8. The summed E-state index contributed by atoms with van der Waals surface area (Å²) in [6.45, 7) is 0. The molecule has 1 unspecified atom stereocenters. The fourth-order valence-corrected chi connectivity index (χ4v) is 5.96. The van der Waals surface area contributed by atoms with Gasteiger partial charge in [-0.05, 0) is 48.0 Å². The van der Waals surface area contributed by atoms with Crippen LogP contribution in [0.25, 0.3) is 21.2 Å². The number of ketones is 1. The third kappa shape index (κ3) is 3.90. The van der Waals surface area contributed by atoms with Crippen LogP contribution in [-0.4, -0.2) is 28.9 Å². The van der Waals surface area contributed by atoms with Gasteiger partial charge in [-0.2, -0.15) is 0 Å². The Balaban J connectivity index is 1.51. The number of furan rings is 1. The first-order valence-electron chi connectivity index (χ1n) is 11.0. The van der Waals surface area contributed by atoms with E-state index in [2.05, 4.69) is 20.9 Å². The average Bonchev–Trinajstić information content (AvgIpc) is 3.58. The highest BCUT2D eigenvalue weighted by molar-refractivity contribution is 9.10. The van der Waals surface area contributed by atoms with Crippen molar-refractivity contribution in [1.29, 1.82) is 0 Å². The molecule has 0 saturated carbocycles. The van der Waals surface area contributed by atoms with Gasteiger partial charge in [-0.1, -0.05) is 63.1 Å². The number of aliphatic hydroxyl groups is 1. The Morgan fingerprint density at radius 3 is 2.70 bits per heavy atom. The van der Waals surface area contributed by atoms with E-state index in [0.717, 1.165) is 9.17 Å². The maximum absolute atomic E-state index is 13.8. The molecule has 1 atom stereocenters. The van der Waals surface area contributed by atoms with Crippen molar-refractivity contribution in [1.82, 2.24) is 4.98 Å². The summed E-state index contributed by atoms with van der Waals surface area (Å²) in [5.41, 5.74) is 1.57. The molecule has 10 heteroatoms. The number of halogens is 2. The van der Waals surface area contributed by atoms with Gasteiger partial charge in [-0.25, -0.2) is 4.98 Å². The number of carbonyl (C=O) groups excluding carboxylic acids is 2. The van der Waals surface area contributed by atoms with E-state index < -0.39 is 23.5 Å². The predicted octanol–water partition coefficient (Wildman–Crippen LogP) is 7.25. The quantitative estimate of drug-likeness (QED) is 0.215. The molecule has 1 amide bonds. The minimum atomic E-state index is -0.931. The van der Waals surface area contributed by atoms with Crippen LogP contribution in [0, 0.1) is 0 Å². The SMILES string of the molecule is COc1cccc2cc(C(=O)C3=C(O)C(=O)N(c4nc5ccc(Cl)cc5s4)C3c3ccc(Br)cc3)oc12. The second kappa shape index (κ2) is 9.02. The minimum absolute atomic E-state index is 0.0195. The van der Waals surface area contributed by atoms with E-state index in [1.54, 1.807) is 66.7 Å². The smallest absolute Gasteiger partial charge is 0.296 e. The standard InChI is InChI=1S/C27H16BrClN2O5S/c1-35-18-4-2-3-14-11-19(36-25(14)18)23(32)21-22(13-5-7-15(28)8-6-13)31(26(34)24(21)33)27-30-17-10-9-16(29)12-20(17)37-27/h2-12,22,33H,1H3. The fourth-order valence-electron chi connectivity index (χ4n) is 4.43. The molecule has 5 aromatic rings. The first-order chi connectivity index (χ1) is 17.9. The van der Waals surface area contributed by atoms with Gasteiger partial charge in [-0.15, -0.1) is 0 Å². The number of hydrogen-bond donors (Lipinski definition) is 1. The number of amides is 1. The number of fused-ring (bicyclic) bond motifs is 2. The fraction of sp³-hybridized carbons (Fsp3) is 0.0741. The Morgan fingerprint density at radius 1 is 1.16 bits per heavy atom. The topological polar surface area (TPSA) is 92.9 Å². The molecule has 0 radical (unpaired) electrons. The monoisotopic (exact) mass is 594 g/mol. The molecule has 0 bridgehead atoms. The van der Waals surface area contributed by atoms with Crippen molar-refractivity contribution in [3.63, 3.8) is 0 Å². The van der Waals surface area contributed by atoms with E-state index in [1.807, 2.05) is 0 Å². The Labute approximate surface area is 227 Å². The van der Waals surface area contributed by atoms with Gasteiger partial charge >= 0.3 is 0 Å². The van der Waals surface area contributed by atoms with E-state index in [1.165, 1.54) is 23.3 Å². The largest absolute Gasteiger partial charge is 0.503 e. The van der Waals surface area contributed by atoms with Crippen molar-refractivity contribution in [2.24, 2.45) is 0 Å². The van der Waals surface area contributed by atoms with Crippen LogP contribution in [0.2, 0.25) is 5.02 Å². The van der Waals surface area contributed by atoms with Crippen LogP contribution >= 0.6 is 38.9 Å². The Kier molecular flexibility index (Phi) is 5.78. The van der Waals surface area contributed by atoms with Gasteiger partial charge in [0.05, 0.1) is 28.9 Å². The predicted molar refractivity (Wildman–Crippen MR) is 146 cm³/mol. The van der Waals surface area contributed by atoms with Gasteiger partial charge in [0.2, 0.25) is 5.78 Å². The number of benzene rings is 3. The molecule has 2 aromatic heterocycles. The molecule has 0 aliphatic carbocycles. The highest BCUT2D eigenvalue weighted by Gasteiger charge is 2.46. The summed E-state index contributed by atoms with van der Waals surface area (Å²) in [5.74, 6) is -1.54. The first kappa shape index (κ1) is 23.7. The lowest BCUT2D eigenvalue weighted by Crippen LogP contribution is -2.30. The van der Waals surface area contributed by atoms with Crippen molar-refractivity contribution in [3.8, 4) is 5.75 Å². The number of hydrogen-bond acceptors (Lipinski definition) is 7. The van der Waals surface area contributed by atoms with Crippen LogP contribution in [0.3, 0.4) is 0 Å². The molecule has 0 saturated heterocycles. The lowest BCUT2D eigenvalue weighted by Gasteiger charge is -2.24. The average molecular weight is 596 g/mol. The van der Waals surface area contributed by atoms with Crippen molar-refractivity contribution >= 4 is 76.9 Å². The van der Waals surface area contributed by atoms with Crippen LogP contribution in [0.1, 0.15) is 22.2 Å². The summed E-state index contributed by atoms with van der Waals surface area (Å²) in [7, 11) is 1.51. The Hall–Kier alpha value is -3.66. The first-order valence-corrected chi connectivity index (χ1v) is 13.0. The maximum atomic E-state index is 13.8. The number of Topliss-reactive ketones (excluding diaryl/α,β-unsaturated/α-hetero) is 1. The maximum Gasteiger partial charge on any atom is 0.296 e. The number of rotatable bonds is 5. The number of para-hydroxylation sites is 1. The van der Waals surface area contributed by atoms with Crippen LogP contribution in [0.5, 0.6) is 5.75 Å². The number of anilines is 1. The highest BCUT2D eigenvalue weighted by atomic mass is 79.9. The molecule has 1 aliphatic rings. The van der Waals surface area contributed by atoms with Gasteiger partial charge in [0.15, 0.2) is 28.0 Å². The molecule has 1 N–H and O–H groups in total. The zero-order valence-corrected chi connectivity index (χ0v) is 22.2. The number of carbonyl (C=O) groups is 2. The third-order valence-electron chi connectivity index (χ3n) is 6.14. The van der Waals surface area contributed by atoms with E-state index in [-0.39, 0.29) is 11.3 Å². The van der Waals surface area contributed by atoms with E-state index in [4.69, 9.17) is 20.8 Å². The molecule has 184 valence electrons. The van der Waals surface area contributed by atoms with Crippen LogP contribution in [0.4, 0.5) is 5.13 Å². The third-order valence-corrected chi connectivity index (χ3v) is 7.92. The number of ether oxygens (including phenoxy) is 1. The van der Waals surface area contributed by atoms with E-state index in [0.29, 0.717) is 38.0 Å². The van der Waals surface area contributed by atoms with Crippen LogP contribution in [0.15, 0.2) is 87.0 Å². The van der Waals surface area contributed by atoms with Gasteiger partial charge in [0, 0.05) is 14.9 Å². The number of aromatic nitrogens is 1. The Bertz CT molecular complexity index is 1760. The lowest BCUT2D eigenvalue weighted by molar-refractivity contribution is -0.117. The molecule has 1 aliphatic heterocycles. The zero-order chi connectivity index (χ0) is 25.8. The summed E-state index contributed by atoms with van der Waals surface area (Å²) in [4.78, 5) is 33.3. The molecule has 7 nitrogen and oxygen atoms in total. The summed E-state index contributed by atoms with van der Waals surface area (Å²) in [6.07, 6.45) is 0. The van der Waals surface area contributed by atoms with Crippen molar-refractivity contribution in [2.75, 3.05) is 12.0 Å². The summed E-state index contributed by atoms with van der Waals surface area (Å²) >= 11 is 10.8. The van der Waals surface area contributed by atoms with Crippen molar-refractivity contribution in [2.45, 2.75) is 6.04 Å². The Morgan fingerprint density at radius 2 is 1.95 bits per heavy atom. The van der Waals surface area contributed by atoms with Crippen LogP contribution in [-0.2, 0) is 4.79 Å².